The molecule has 1 rings (SSSR count). The van der Waals surface area contributed by atoms with Gasteiger partial charge < -0.3 is 9.64 Å². The zero-order valence-corrected chi connectivity index (χ0v) is 15.6. The summed E-state index contributed by atoms with van der Waals surface area (Å²) in [7, 11) is 1.69. The molecule has 0 aliphatic heterocycles. The molecule has 0 aromatic heterocycles. The van der Waals surface area contributed by atoms with E-state index < -0.39 is 0 Å². The van der Waals surface area contributed by atoms with Crippen LogP contribution in [-0.4, -0.2) is 31.0 Å². The molecule has 7 heteroatoms. The summed E-state index contributed by atoms with van der Waals surface area (Å²) in [5.41, 5.74) is 0. The Hall–Kier alpha value is -0.580. The Morgan fingerprint density at radius 3 is 2.50 bits per heavy atom. The summed E-state index contributed by atoms with van der Waals surface area (Å²) < 4.78 is 8.17. The monoisotopic (exact) mass is 466 g/mol. The van der Waals surface area contributed by atoms with E-state index in [0.717, 1.165) is 13.4 Å². The minimum Gasteiger partial charge on any atom is -0.491 e. The highest BCUT2D eigenvalue weighted by molar-refractivity contribution is 9.11. The van der Waals surface area contributed by atoms with Crippen molar-refractivity contribution >= 4 is 53.7 Å². The van der Waals surface area contributed by atoms with Crippen LogP contribution in [0.15, 0.2) is 25.6 Å². The van der Waals surface area contributed by atoms with Crippen LogP contribution in [0.1, 0.15) is 12.8 Å². The Morgan fingerprint density at radius 1 is 1.35 bits per heavy atom. The number of ether oxygens (including phenoxy) is 1. The number of carbonyl (C=O) groups is 1. The van der Waals surface area contributed by atoms with E-state index in [0.29, 0.717) is 18.7 Å². The van der Waals surface area contributed by atoms with Crippen LogP contribution in [0.4, 0.5) is 0 Å². The van der Waals surface area contributed by atoms with Crippen LogP contribution in [0.25, 0.3) is 0 Å². The molecule has 0 bridgehead atoms. The summed E-state index contributed by atoms with van der Waals surface area (Å²) in [6.07, 6.45) is 0.615. The molecule has 0 fully saturated rings. The quantitative estimate of drug-likeness (QED) is 0.631. The predicted molar refractivity (Wildman–Crippen MR) is 87.5 cm³/mol. The molecule has 108 valence electrons. The fourth-order valence-electron chi connectivity index (χ4n) is 1.44. The molecular formula is C13H13Br3N2O2. The van der Waals surface area contributed by atoms with Gasteiger partial charge in [0.1, 0.15) is 5.75 Å². The van der Waals surface area contributed by atoms with Crippen molar-refractivity contribution in [2.45, 2.75) is 12.8 Å². The molecule has 0 aliphatic carbocycles. The number of hydrogen-bond acceptors (Lipinski definition) is 3. The lowest BCUT2D eigenvalue weighted by atomic mass is 10.3. The van der Waals surface area contributed by atoms with E-state index >= 15 is 0 Å². The first-order valence-electron chi connectivity index (χ1n) is 5.84. The van der Waals surface area contributed by atoms with Crippen molar-refractivity contribution in [2.24, 2.45) is 0 Å². The number of nitriles is 1. The first-order valence-corrected chi connectivity index (χ1v) is 8.22. The van der Waals surface area contributed by atoms with Crippen LogP contribution in [0, 0.1) is 11.3 Å². The highest BCUT2D eigenvalue weighted by atomic mass is 79.9. The largest absolute Gasteiger partial charge is 0.491 e. The van der Waals surface area contributed by atoms with E-state index in [1.807, 2.05) is 18.2 Å². The Morgan fingerprint density at radius 2 is 1.95 bits per heavy atom. The molecule has 4 nitrogen and oxygen atoms in total. The third kappa shape index (κ3) is 5.43. The Labute approximate surface area is 143 Å². The molecule has 0 radical (unpaired) electrons. The van der Waals surface area contributed by atoms with E-state index in [4.69, 9.17) is 10.00 Å². The molecule has 0 N–H and O–H groups in total. The average Bonchev–Trinajstić information content (AvgIpc) is 2.38. The van der Waals surface area contributed by atoms with Crippen LogP contribution in [0.5, 0.6) is 5.75 Å². The fourth-order valence-corrected chi connectivity index (χ4v) is 3.93. The standard InChI is InChI=1S/C13H13Br3N2O2/c1-18(5-2-4-17)12(19)3-6-20-13-10(15)7-9(14)8-11(13)16/h7-8H,2-3,5-6H2,1H3. The van der Waals surface area contributed by atoms with E-state index in [9.17, 15) is 4.79 Å². The van der Waals surface area contributed by atoms with Gasteiger partial charge in [-0.3, -0.25) is 4.79 Å². The SMILES string of the molecule is CN(CCC#N)C(=O)CCOc1c(Br)cc(Br)cc1Br. The lowest BCUT2D eigenvalue weighted by molar-refractivity contribution is -0.130. The third-order valence-electron chi connectivity index (χ3n) is 2.51. The molecule has 1 aromatic rings. The minimum atomic E-state index is -0.0374. The number of amides is 1. The molecular weight excluding hydrogens is 456 g/mol. The lowest BCUT2D eigenvalue weighted by Gasteiger charge is -2.16. The van der Waals surface area contributed by atoms with E-state index in [-0.39, 0.29) is 18.9 Å². The number of benzene rings is 1. The molecule has 0 saturated heterocycles. The lowest BCUT2D eigenvalue weighted by Crippen LogP contribution is -2.28. The zero-order chi connectivity index (χ0) is 15.1. The topological polar surface area (TPSA) is 53.3 Å². The Bertz CT molecular complexity index is 506. The van der Waals surface area contributed by atoms with Crippen molar-refractivity contribution in [2.75, 3.05) is 20.2 Å². The second kappa shape index (κ2) is 8.65. The maximum Gasteiger partial charge on any atom is 0.225 e. The Kier molecular flexibility index (Phi) is 7.56. The van der Waals surface area contributed by atoms with Gasteiger partial charge in [0, 0.05) is 18.1 Å². The van der Waals surface area contributed by atoms with Gasteiger partial charge in [0.15, 0.2) is 0 Å². The van der Waals surface area contributed by atoms with Gasteiger partial charge in [-0.1, -0.05) is 15.9 Å². The van der Waals surface area contributed by atoms with Crippen molar-refractivity contribution in [3.63, 3.8) is 0 Å². The second-order valence-electron chi connectivity index (χ2n) is 4.02. The van der Waals surface area contributed by atoms with Gasteiger partial charge in [0.25, 0.3) is 0 Å². The number of carbonyl (C=O) groups excluding carboxylic acids is 1. The molecule has 20 heavy (non-hydrogen) atoms. The van der Waals surface area contributed by atoms with E-state index in [1.54, 1.807) is 7.05 Å². The normalized spacial score (nSPS) is 9.95. The van der Waals surface area contributed by atoms with Crippen molar-refractivity contribution in [1.29, 1.82) is 5.26 Å². The van der Waals surface area contributed by atoms with Gasteiger partial charge in [-0.05, 0) is 44.0 Å². The highest BCUT2D eigenvalue weighted by Crippen LogP contribution is 2.36. The van der Waals surface area contributed by atoms with Crippen LogP contribution in [-0.2, 0) is 4.79 Å². The average molecular weight is 469 g/mol. The maximum absolute atomic E-state index is 11.8. The van der Waals surface area contributed by atoms with Gasteiger partial charge >= 0.3 is 0 Å². The number of nitrogens with zero attached hydrogens (tertiary/aromatic N) is 2. The van der Waals surface area contributed by atoms with Crippen molar-refractivity contribution in [3.05, 3.63) is 25.6 Å². The van der Waals surface area contributed by atoms with Crippen molar-refractivity contribution < 1.29 is 9.53 Å². The second-order valence-corrected chi connectivity index (χ2v) is 6.64. The summed E-state index contributed by atoms with van der Waals surface area (Å²) in [6.45, 7) is 0.732. The molecule has 1 aromatic carbocycles. The molecule has 1 amide bonds. The highest BCUT2D eigenvalue weighted by Gasteiger charge is 2.11. The van der Waals surface area contributed by atoms with Crippen LogP contribution >= 0.6 is 47.8 Å². The van der Waals surface area contributed by atoms with Crippen LogP contribution < -0.4 is 4.74 Å². The summed E-state index contributed by atoms with van der Waals surface area (Å²) in [5.74, 6) is 0.630. The van der Waals surface area contributed by atoms with Gasteiger partial charge in [-0.25, -0.2) is 0 Å². The zero-order valence-electron chi connectivity index (χ0n) is 10.8. The molecule has 0 spiro atoms. The van der Waals surface area contributed by atoms with Gasteiger partial charge in [0.05, 0.1) is 34.5 Å². The summed E-state index contributed by atoms with van der Waals surface area (Å²) >= 11 is 10.2. The third-order valence-corrected chi connectivity index (χ3v) is 4.15. The summed E-state index contributed by atoms with van der Waals surface area (Å²) in [6, 6.07) is 5.77. The van der Waals surface area contributed by atoms with Crippen molar-refractivity contribution in [3.8, 4) is 11.8 Å². The summed E-state index contributed by atoms with van der Waals surface area (Å²) in [5, 5.41) is 8.48. The Balaban J connectivity index is 2.49. The first kappa shape index (κ1) is 17.5. The fraction of sp³-hybridized carbons (Fsp3) is 0.385. The number of halogens is 3. The molecule has 0 heterocycles. The minimum absolute atomic E-state index is 0.0374. The van der Waals surface area contributed by atoms with E-state index in [2.05, 4.69) is 47.8 Å². The predicted octanol–water partition coefficient (Wildman–Crippen LogP) is 4.12. The molecule has 0 saturated carbocycles. The van der Waals surface area contributed by atoms with Gasteiger partial charge in [-0.2, -0.15) is 5.26 Å². The molecule has 0 aliphatic rings. The maximum atomic E-state index is 11.8. The van der Waals surface area contributed by atoms with Crippen molar-refractivity contribution in [1.82, 2.24) is 4.90 Å². The van der Waals surface area contributed by atoms with E-state index in [1.165, 1.54) is 4.90 Å². The first-order chi connectivity index (χ1) is 9.45. The number of hydrogen-bond donors (Lipinski definition) is 0. The smallest absolute Gasteiger partial charge is 0.225 e. The molecule has 0 unspecified atom stereocenters. The van der Waals surface area contributed by atoms with Crippen LogP contribution in [0.2, 0.25) is 0 Å². The number of rotatable bonds is 6. The van der Waals surface area contributed by atoms with Crippen LogP contribution in [0.3, 0.4) is 0 Å². The summed E-state index contributed by atoms with van der Waals surface area (Å²) in [4.78, 5) is 13.3. The van der Waals surface area contributed by atoms with Gasteiger partial charge in [0.2, 0.25) is 5.91 Å². The molecule has 0 atom stereocenters. The van der Waals surface area contributed by atoms with Gasteiger partial charge in [-0.15, -0.1) is 0 Å².